The highest BCUT2D eigenvalue weighted by atomic mass is 16.5. The van der Waals surface area contributed by atoms with Gasteiger partial charge < -0.3 is 24.8 Å². The highest BCUT2D eigenvalue weighted by molar-refractivity contribution is 6.05. The number of fused-ring (bicyclic) bond motifs is 3. The van der Waals surface area contributed by atoms with Gasteiger partial charge in [-0.05, 0) is 31.0 Å². The molecule has 124 valence electrons. The summed E-state index contributed by atoms with van der Waals surface area (Å²) in [5.74, 6) is 0.0155. The minimum absolute atomic E-state index is 0.240. The molecule has 0 unspecified atom stereocenters. The zero-order chi connectivity index (χ0) is 16.8. The first-order valence-corrected chi connectivity index (χ1v) is 7.36. The SMILES string of the molecule is COc1cc([C@H]2CC3(C)NC(=O)C2C(=O)N3)cc(OC)c1OC. The van der Waals surface area contributed by atoms with Gasteiger partial charge in [0.25, 0.3) is 0 Å². The topological polar surface area (TPSA) is 85.9 Å². The molecule has 2 N–H and O–H groups in total. The monoisotopic (exact) mass is 320 g/mol. The fraction of sp³-hybridized carbons (Fsp3) is 0.500. The molecule has 3 saturated heterocycles. The molecule has 3 aliphatic heterocycles. The lowest BCUT2D eigenvalue weighted by Gasteiger charge is -2.48. The van der Waals surface area contributed by atoms with Gasteiger partial charge in [0, 0.05) is 5.92 Å². The summed E-state index contributed by atoms with van der Waals surface area (Å²) >= 11 is 0. The number of benzene rings is 1. The standard InChI is InChI=1S/C16H20N2O5/c1-16-7-9(12(14(19)17-16)15(20)18-16)8-5-10(21-2)13(23-4)11(6-8)22-3/h5-6,9,12H,7H2,1-4H3,(H,17,19)(H,18,20)/t9-,12?,16?/m1/s1. The highest BCUT2D eigenvalue weighted by Crippen LogP contribution is 2.46. The van der Waals surface area contributed by atoms with E-state index in [1.165, 1.54) is 21.3 Å². The summed E-state index contributed by atoms with van der Waals surface area (Å²) in [6.07, 6.45) is 0.605. The van der Waals surface area contributed by atoms with E-state index in [1.54, 1.807) is 12.1 Å². The Morgan fingerprint density at radius 3 is 1.91 bits per heavy atom. The van der Waals surface area contributed by atoms with Gasteiger partial charge in [-0.25, -0.2) is 0 Å². The van der Waals surface area contributed by atoms with Crippen LogP contribution in [0.15, 0.2) is 12.1 Å². The van der Waals surface area contributed by atoms with Gasteiger partial charge >= 0.3 is 0 Å². The van der Waals surface area contributed by atoms with Crippen LogP contribution in [0.5, 0.6) is 17.2 Å². The van der Waals surface area contributed by atoms with E-state index >= 15 is 0 Å². The summed E-state index contributed by atoms with van der Waals surface area (Å²) in [6, 6.07) is 3.60. The van der Waals surface area contributed by atoms with Crippen LogP contribution in [-0.4, -0.2) is 38.8 Å². The van der Waals surface area contributed by atoms with Gasteiger partial charge in [0.15, 0.2) is 11.5 Å². The van der Waals surface area contributed by atoms with Gasteiger partial charge in [0.1, 0.15) is 11.6 Å². The van der Waals surface area contributed by atoms with Crippen molar-refractivity contribution in [2.45, 2.75) is 24.9 Å². The predicted molar refractivity (Wildman–Crippen MR) is 81.6 cm³/mol. The van der Waals surface area contributed by atoms with E-state index < -0.39 is 11.6 Å². The van der Waals surface area contributed by atoms with Crippen LogP contribution in [0.3, 0.4) is 0 Å². The van der Waals surface area contributed by atoms with Crippen LogP contribution < -0.4 is 24.8 Å². The van der Waals surface area contributed by atoms with Gasteiger partial charge in [-0.3, -0.25) is 9.59 Å². The molecule has 1 aromatic rings. The first-order valence-electron chi connectivity index (χ1n) is 7.36. The molecule has 7 heteroatoms. The van der Waals surface area contributed by atoms with E-state index in [9.17, 15) is 9.59 Å². The zero-order valence-corrected chi connectivity index (χ0v) is 13.6. The maximum absolute atomic E-state index is 12.2. The van der Waals surface area contributed by atoms with Crippen LogP contribution in [0.1, 0.15) is 24.8 Å². The zero-order valence-electron chi connectivity index (χ0n) is 13.6. The Bertz CT molecular complexity index is 629. The van der Waals surface area contributed by atoms with Crippen molar-refractivity contribution < 1.29 is 23.8 Å². The lowest BCUT2D eigenvalue weighted by atomic mass is 9.72. The Kier molecular flexibility index (Phi) is 3.58. The van der Waals surface area contributed by atoms with Crippen LogP contribution in [0.4, 0.5) is 0 Å². The smallest absolute Gasteiger partial charge is 0.235 e. The number of amides is 2. The summed E-state index contributed by atoms with van der Waals surface area (Å²) in [7, 11) is 4.61. The molecule has 3 aliphatic rings. The minimum atomic E-state index is -0.750. The molecule has 2 amide bonds. The van der Waals surface area contributed by atoms with Gasteiger partial charge in [-0.15, -0.1) is 0 Å². The lowest BCUT2D eigenvalue weighted by molar-refractivity contribution is -0.149. The molecule has 3 heterocycles. The molecule has 1 atom stereocenters. The third-order valence-electron chi connectivity index (χ3n) is 4.51. The number of hydrogen-bond donors (Lipinski definition) is 2. The molecule has 2 bridgehead atoms. The number of nitrogens with one attached hydrogen (secondary N) is 2. The minimum Gasteiger partial charge on any atom is -0.493 e. The van der Waals surface area contributed by atoms with Crippen molar-refractivity contribution >= 4 is 11.8 Å². The third kappa shape index (κ3) is 2.36. The summed E-state index contributed by atoms with van der Waals surface area (Å²) in [5.41, 5.74) is 0.0916. The molecule has 3 fully saturated rings. The van der Waals surface area contributed by atoms with E-state index in [2.05, 4.69) is 10.6 Å². The predicted octanol–water partition coefficient (Wildman–Crippen LogP) is 0.778. The van der Waals surface area contributed by atoms with Gasteiger partial charge in [-0.2, -0.15) is 0 Å². The van der Waals surface area contributed by atoms with Crippen LogP contribution in [0, 0.1) is 5.92 Å². The molecule has 7 nitrogen and oxygen atoms in total. The second kappa shape index (κ2) is 5.33. The fourth-order valence-electron chi connectivity index (χ4n) is 3.50. The number of rotatable bonds is 4. The van der Waals surface area contributed by atoms with Gasteiger partial charge in [0.2, 0.25) is 17.6 Å². The number of ether oxygens (including phenoxy) is 3. The van der Waals surface area contributed by atoms with Gasteiger partial charge in [-0.1, -0.05) is 0 Å². The molecule has 0 aliphatic carbocycles. The van der Waals surface area contributed by atoms with E-state index in [0.29, 0.717) is 23.7 Å². The molecule has 23 heavy (non-hydrogen) atoms. The van der Waals surface area contributed by atoms with Crippen LogP contribution in [0.2, 0.25) is 0 Å². The first-order chi connectivity index (χ1) is 10.9. The van der Waals surface area contributed by atoms with Crippen molar-refractivity contribution in [2.24, 2.45) is 5.92 Å². The van der Waals surface area contributed by atoms with Crippen LogP contribution >= 0.6 is 0 Å². The van der Waals surface area contributed by atoms with Crippen LogP contribution in [0.25, 0.3) is 0 Å². The molecule has 0 radical (unpaired) electrons. The Hall–Kier alpha value is -2.44. The molecule has 0 spiro atoms. The molecular weight excluding hydrogens is 300 g/mol. The number of carbonyl (C=O) groups is 2. The van der Waals surface area contributed by atoms with E-state index in [0.717, 1.165) is 5.56 Å². The average molecular weight is 320 g/mol. The maximum Gasteiger partial charge on any atom is 0.235 e. The lowest BCUT2D eigenvalue weighted by Crippen LogP contribution is -2.72. The quantitative estimate of drug-likeness (QED) is 0.801. The van der Waals surface area contributed by atoms with Crippen molar-refractivity contribution in [1.29, 1.82) is 0 Å². The maximum atomic E-state index is 12.2. The fourth-order valence-corrected chi connectivity index (χ4v) is 3.50. The third-order valence-corrected chi connectivity index (χ3v) is 4.51. The molecular formula is C16H20N2O5. The average Bonchev–Trinajstić information content (AvgIpc) is 2.51. The van der Waals surface area contributed by atoms with Crippen molar-refractivity contribution in [3.63, 3.8) is 0 Å². The first kappa shape index (κ1) is 15.5. The van der Waals surface area contributed by atoms with Crippen molar-refractivity contribution in [3.05, 3.63) is 17.7 Å². The van der Waals surface area contributed by atoms with Gasteiger partial charge in [0.05, 0.1) is 21.3 Å². The molecule has 0 saturated carbocycles. The largest absolute Gasteiger partial charge is 0.493 e. The Morgan fingerprint density at radius 1 is 1.00 bits per heavy atom. The molecule has 0 aromatic heterocycles. The van der Waals surface area contributed by atoms with E-state index in [-0.39, 0.29) is 17.7 Å². The number of carbonyl (C=O) groups excluding carboxylic acids is 2. The highest BCUT2D eigenvalue weighted by Gasteiger charge is 2.53. The molecule has 1 aromatic carbocycles. The second-order valence-corrected chi connectivity index (χ2v) is 6.06. The van der Waals surface area contributed by atoms with Crippen molar-refractivity contribution in [2.75, 3.05) is 21.3 Å². The number of methoxy groups -OCH3 is 3. The van der Waals surface area contributed by atoms with E-state index in [4.69, 9.17) is 14.2 Å². The number of hydrogen-bond acceptors (Lipinski definition) is 5. The second-order valence-electron chi connectivity index (χ2n) is 6.06. The summed E-state index contributed by atoms with van der Waals surface area (Å²) in [5, 5.41) is 5.69. The number of piperidine rings is 2. The Balaban J connectivity index is 2.08. The molecule has 4 rings (SSSR count). The normalized spacial score (nSPS) is 28.9. The van der Waals surface area contributed by atoms with Crippen molar-refractivity contribution in [3.8, 4) is 17.2 Å². The summed E-state index contributed by atoms with van der Waals surface area (Å²) in [6.45, 7) is 1.81. The Labute approximate surface area is 134 Å². The Morgan fingerprint density at radius 2 is 1.52 bits per heavy atom. The van der Waals surface area contributed by atoms with E-state index in [1.807, 2.05) is 6.92 Å². The summed E-state index contributed by atoms with van der Waals surface area (Å²) in [4.78, 5) is 24.5. The van der Waals surface area contributed by atoms with Crippen LogP contribution in [-0.2, 0) is 9.59 Å². The summed E-state index contributed by atoms with van der Waals surface area (Å²) < 4.78 is 16.0. The van der Waals surface area contributed by atoms with Crippen molar-refractivity contribution in [1.82, 2.24) is 10.6 Å².